The zero-order chi connectivity index (χ0) is 9.59. The maximum Gasteiger partial charge on any atom is 0.231 e. The van der Waals surface area contributed by atoms with Crippen LogP contribution in [0.4, 0.5) is 11.4 Å². The van der Waals surface area contributed by atoms with Crippen molar-refractivity contribution < 1.29 is 9.90 Å². The molecule has 0 aliphatic carbocycles. The van der Waals surface area contributed by atoms with E-state index in [1.54, 1.807) is 24.1 Å². The second kappa shape index (κ2) is 2.39. The Labute approximate surface area is 75.6 Å². The predicted molar refractivity (Wildman–Crippen MR) is 49.6 cm³/mol. The van der Waals surface area contributed by atoms with Gasteiger partial charge in [0.25, 0.3) is 0 Å². The van der Waals surface area contributed by atoms with E-state index >= 15 is 0 Å². The van der Waals surface area contributed by atoms with Gasteiger partial charge in [-0.1, -0.05) is 0 Å². The van der Waals surface area contributed by atoms with Crippen LogP contribution in [-0.2, 0) is 11.2 Å². The molecule has 1 aromatic carbocycles. The van der Waals surface area contributed by atoms with Gasteiger partial charge in [-0.2, -0.15) is 0 Å². The van der Waals surface area contributed by atoms with Crippen molar-refractivity contribution in [2.75, 3.05) is 17.7 Å². The summed E-state index contributed by atoms with van der Waals surface area (Å²) in [4.78, 5) is 12.8. The molecule has 0 aromatic heterocycles. The molecule has 0 saturated carbocycles. The number of aromatic hydroxyl groups is 1. The van der Waals surface area contributed by atoms with Gasteiger partial charge >= 0.3 is 0 Å². The number of phenolic OH excluding ortho intramolecular Hbond substituents is 1. The van der Waals surface area contributed by atoms with E-state index in [4.69, 9.17) is 5.73 Å². The van der Waals surface area contributed by atoms with E-state index in [9.17, 15) is 9.90 Å². The summed E-state index contributed by atoms with van der Waals surface area (Å²) in [7, 11) is 1.70. The average molecular weight is 178 g/mol. The molecule has 0 unspecified atom stereocenters. The van der Waals surface area contributed by atoms with Gasteiger partial charge < -0.3 is 15.7 Å². The van der Waals surface area contributed by atoms with Crippen LogP contribution in [0, 0.1) is 0 Å². The zero-order valence-electron chi connectivity index (χ0n) is 7.24. The van der Waals surface area contributed by atoms with Gasteiger partial charge in [0.1, 0.15) is 5.75 Å². The topological polar surface area (TPSA) is 66.6 Å². The summed E-state index contributed by atoms with van der Waals surface area (Å²) in [6, 6.07) is 3.17. The second-order valence-corrected chi connectivity index (χ2v) is 3.17. The number of nitrogens with zero attached hydrogens (tertiary/aromatic N) is 1. The number of benzene rings is 1. The van der Waals surface area contributed by atoms with Crippen molar-refractivity contribution in [2.24, 2.45) is 0 Å². The summed E-state index contributed by atoms with van der Waals surface area (Å²) < 4.78 is 0. The first-order chi connectivity index (χ1) is 6.09. The number of fused-ring (bicyclic) bond motifs is 1. The largest absolute Gasteiger partial charge is 0.506 e. The minimum atomic E-state index is 0.0278. The quantitative estimate of drug-likeness (QED) is 0.449. The maximum atomic E-state index is 11.3. The molecule has 2 rings (SSSR count). The summed E-state index contributed by atoms with van der Waals surface area (Å²) in [6.07, 6.45) is 0.347. The van der Waals surface area contributed by atoms with Crippen LogP contribution in [-0.4, -0.2) is 18.1 Å². The molecular formula is C9H10N2O2. The van der Waals surface area contributed by atoms with Crippen LogP contribution >= 0.6 is 0 Å². The van der Waals surface area contributed by atoms with Crippen LogP contribution in [0.25, 0.3) is 0 Å². The molecule has 13 heavy (non-hydrogen) atoms. The third-order valence-electron chi connectivity index (χ3n) is 2.31. The Hall–Kier alpha value is -1.71. The first kappa shape index (κ1) is 7.91. The first-order valence-electron chi connectivity index (χ1n) is 3.97. The molecule has 1 heterocycles. The molecule has 4 nitrogen and oxygen atoms in total. The van der Waals surface area contributed by atoms with Gasteiger partial charge in [-0.3, -0.25) is 4.79 Å². The fourth-order valence-corrected chi connectivity index (χ4v) is 1.51. The molecule has 1 amide bonds. The number of nitrogens with two attached hydrogens (primary N) is 1. The van der Waals surface area contributed by atoms with Gasteiger partial charge in [-0.25, -0.2) is 0 Å². The number of hydrogen-bond acceptors (Lipinski definition) is 3. The molecule has 0 atom stereocenters. The first-order valence-corrected chi connectivity index (χ1v) is 3.97. The van der Waals surface area contributed by atoms with Crippen LogP contribution in [0.5, 0.6) is 5.75 Å². The fourth-order valence-electron chi connectivity index (χ4n) is 1.51. The van der Waals surface area contributed by atoms with Crippen LogP contribution in [0.3, 0.4) is 0 Å². The summed E-state index contributed by atoms with van der Waals surface area (Å²) in [5.41, 5.74) is 7.44. The number of carbonyl (C=O) groups excluding carboxylic acids is 1. The SMILES string of the molecule is CN1C(=O)Cc2cc(O)c(N)cc21. The lowest BCUT2D eigenvalue weighted by molar-refractivity contribution is -0.117. The number of amides is 1. The highest BCUT2D eigenvalue weighted by molar-refractivity contribution is 6.01. The fraction of sp³-hybridized carbons (Fsp3) is 0.222. The number of anilines is 2. The zero-order valence-corrected chi connectivity index (χ0v) is 7.24. The van der Waals surface area contributed by atoms with E-state index in [1.165, 1.54) is 0 Å². The highest BCUT2D eigenvalue weighted by atomic mass is 16.3. The standard InChI is InChI=1S/C9H10N2O2/c1-11-7-4-6(10)8(12)2-5(7)3-9(11)13/h2,4,12H,3,10H2,1H3. The Morgan fingerprint density at radius 2 is 2.23 bits per heavy atom. The molecule has 0 radical (unpaired) electrons. The van der Waals surface area contributed by atoms with Gasteiger partial charge in [0.15, 0.2) is 0 Å². The van der Waals surface area contributed by atoms with E-state index < -0.39 is 0 Å². The minimum Gasteiger partial charge on any atom is -0.506 e. The van der Waals surface area contributed by atoms with Gasteiger partial charge in [0.05, 0.1) is 12.1 Å². The van der Waals surface area contributed by atoms with Crippen LogP contribution in [0.15, 0.2) is 12.1 Å². The summed E-state index contributed by atoms with van der Waals surface area (Å²) in [6.45, 7) is 0. The average Bonchev–Trinajstić information content (AvgIpc) is 2.32. The van der Waals surface area contributed by atoms with E-state index in [-0.39, 0.29) is 11.7 Å². The second-order valence-electron chi connectivity index (χ2n) is 3.17. The Bertz CT molecular complexity index is 387. The van der Waals surface area contributed by atoms with Crippen molar-refractivity contribution in [2.45, 2.75) is 6.42 Å². The number of nitrogen functional groups attached to an aromatic ring is 1. The number of carbonyl (C=O) groups is 1. The van der Waals surface area contributed by atoms with Crippen LogP contribution in [0.1, 0.15) is 5.56 Å². The van der Waals surface area contributed by atoms with Gasteiger partial charge in [0, 0.05) is 12.7 Å². The van der Waals surface area contributed by atoms with Crippen LogP contribution < -0.4 is 10.6 Å². The Kier molecular flexibility index (Phi) is 1.45. The highest BCUT2D eigenvalue weighted by Crippen LogP contribution is 2.34. The van der Waals surface area contributed by atoms with Crippen molar-refractivity contribution in [3.05, 3.63) is 17.7 Å². The molecule has 1 aliphatic rings. The summed E-state index contributed by atoms with van der Waals surface area (Å²) in [5.74, 6) is 0.0712. The van der Waals surface area contributed by atoms with Crippen molar-refractivity contribution in [3.8, 4) is 5.75 Å². The van der Waals surface area contributed by atoms with Crippen molar-refractivity contribution in [1.29, 1.82) is 0 Å². The Balaban J connectivity index is 2.59. The Morgan fingerprint density at radius 1 is 1.54 bits per heavy atom. The van der Waals surface area contributed by atoms with Crippen molar-refractivity contribution in [1.82, 2.24) is 0 Å². The molecule has 0 fully saturated rings. The molecular weight excluding hydrogens is 168 g/mol. The molecule has 0 bridgehead atoms. The van der Waals surface area contributed by atoms with Gasteiger partial charge in [-0.05, 0) is 17.7 Å². The molecule has 4 heteroatoms. The molecule has 3 N–H and O–H groups in total. The number of hydrogen-bond donors (Lipinski definition) is 2. The van der Waals surface area contributed by atoms with Crippen LogP contribution in [0.2, 0.25) is 0 Å². The van der Waals surface area contributed by atoms with Crippen molar-refractivity contribution >= 4 is 17.3 Å². The van der Waals surface area contributed by atoms with Gasteiger partial charge in [-0.15, -0.1) is 0 Å². The molecule has 1 aromatic rings. The lowest BCUT2D eigenvalue weighted by atomic mass is 10.1. The minimum absolute atomic E-state index is 0.0278. The van der Waals surface area contributed by atoms with E-state index in [2.05, 4.69) is 0 Å². The number of likely N-dealkylation sites (N-methyl/N-ethyl adjacent to an activating group) is 1. The molecule has 0 saturated heterocycles. The smallest absolute Gasteiger partial charge is 0.231 e. The lowest BCUT2D eigenvalue weighted by Crippen LogP contribution is -2.20. The molecule has 0 spiro atoms. The van der Waals surface area contributed by atoms with E-state index in [1.807, 2.05) is 0 Å². The van der Waals surface area contributed by atoms with Crippen molar-refractivity contribution in [3.63, 3.8) is 0 Å². The molecule has 68 valence electrons. The summed E-state index contributed by atoms with van der Waals surface area (Å²) in [5, 5.41) is 9.30. The maximum absolute atomic E-state index is 11.3. The number of rotatable bonds is 0. The third kappa shape index (κ3) is 1.02. The third-order valence-corrected chi connectivity index (χ3v) is 2.31. The van der Waals surface area contributed by atoms with E-state index in [0.29, 0.717) is 12.1 Å². The highest BCUT2D eigenvalue weighted by Gasteiger charge is 2.24. The number of phenols is 1. The Morgan fingerprint density at radius 3 is 2.92 bits per heavy atom. The lowest BCUT2D eigenvalue weighted by Gasteiger charge is -2.10. The normalized spacial score (nSPS) is 14.8. The monoisotopic (exact) mass is 178 g/mol. The molecule has 1 aliphatic heterocycles. The summed E-state index contributed by atoms with van der Waals surface area (Å²) >= 11 is 0. The van der Waals surface area contributed by atoms with Gasteiger partial charge in [0.2, 0.25) is 5.91 Å². The predicted octanol–water partition coefficient (Wildman–Crippen LogP) is 0.493. The van der Waals surface area contributed by atoms with E-state index in [0.717, 1.165) is 11.3 Å².